The van der Waals surface area contributed by atoms with Crippen molar-refractivity contribution in [1.82, 2.24) is 10.1 Å². The summed E-state index contributed by atoms with van der Waals surface area (Å²) < 4.78 is 10.7. The summed E-state index contributed by atoms with van der Waals surface area (Å²) in [6.07, 6.45) is 1.61. The fourth-order valence-corrected chi connectivity index (χ4v) is 2.00. The van der Waals surface area contributed by atoms with Gasteiger partial charge < -0.3 is 14.2 Å². The molecule has 2 heterocycles. The molecule has 3 rings (SSSR count). The number of aromatic nitrogens is 2. The highest BCUT2D eigenvalue weighted by Crippen LogP contribution is 2.25. The van der Waals surface area contributed by atoms with Crippen molar-refractivity contribution >= 4 is 10.9 Å². The van der Waals surface area contributed by atoms with E-state index in [1.165, 1.54) is 11.1 Å². The van der Waals surface area contributed by atoms with E-state index in [-0.39, 0.29) is 0 Å². The molecule has 0 saturated carbocycles. The molecule has 0 unspecified atom stereocenters. The molecule has 0 aliphatic carbocycles. The van der Waals surface area contributed by atoms with Gasteiger partial charge in [0.1, 0.15) is 12.4 Å². The number of aromatic amines is 1. The van der Waals surface area contributed by atoms with Gasteiger partial charge in [0.2, 0.25) is 0 Å². The second-order valence-corrected chi connectivity index (χ2v) is 4.90. The number of fused-ring (bicyclic) bond motifs is 1. The maximum atomic E-state index is 5.67. The summed E-state index contributed by atoms with van der Waals surface area (Å²) in [4.78, 5) is 3.41. The highest BCUT2D eigenvalue weighted by atomic mass is 16.5. The zero-order valence-electron chi connectivity index (χ0n) is 11.0. The van der Waals surface area contributed by atoms with Crippen LogP contribution in [-0.2, 0) is 6.61 Å². The third-order valence-corrected chi connectivity index (χ3v) is 3.11. The number of nitrogens with zero attached hydrogens (tertiary/aromatic N) is 1. The Kier molecular flexibility index (Phi) is 2.99. The topological polar surface area (TPSA) is 51.1 Å². The van der Waals surface area contributed by atoms with Gasteiger partial charge in [-0.25, -0.2) is 0 Å². The van der Waals surface area contributed by atoms with Crippen molar-refractivity contribution in [1.29, 1.82) is 0 Å². The lowest BCUT2D eigenvalue weighted by Gasteiger charge is -2.03. The molecule has 0 bridgehead atoms. The number of nitrogens with one attached hydrogen (secondary N) is 1. The Balaban J connectivity index is 1.80. The highest BCUT2D eigenvalue weighted by molar-refractivity contribution is 5.82. The second-order valence-electron chi connectivity index (χ2n) is 4.90. The quantitative estimate of drug-likeness (QED) is 0.771. The van der Waals surface area contributed by atoms with Crippen LogP contribution in [0.5, 0.6) is 5.75 Å². The Hall–Kier alpha value is -2.23. The van der Waals surface area contributed by atoms with Gasteiger partial charge in [-0.15, -0.1) is 0 Å². The Bertz CT molecular complexity index is 669. The Labute approximate surface area is 111 Å². The number of benzene rings is 1. The van der Waals surface area contributed by atoms with Crippen LogP contribution in [0.4, 0.5) is 0 Å². The van der Waals surface area contributed by atoms with E-state index in [1.807, 2.05) is 12.1 Å². The molecular formula is C15H16N2O2. The van der Waals surface area contributed by atoms with Gasteiger partial charge in [0, 0.05) is 23.3 Å². The van der Waals surface area contributed by atoms with Crippen molar-refractivity contribution in [2.24, 2.45) is 0 Å². The van der Waals surface area contributed by atoms with E-state index in [0.717, 1.165) is 17.0 Å². The summed E-state index contributed by atoms with van der Waals surface area (Å²) in [6.45, 7) is 4.74. The number of ether oxygens (including phenoxy) is 1. The Morgan fingerprint density at radius 3 is 2.89 bits per heavy atom. The predicted molar refractivity (Wildman–Crippen MR) is 73.2 cm³/mol. The summed E-state index contributed by atoms with van der Waals surface area (Å²) in [7, 11) is 0. The molecule has 19 heavy (non-hydrogen) atoms. The third-order valence-electron chi connectivity index (χ3n) is 3.11. The van der Waals surface area contributed by atoms with Gasteiger partial charge in [-0.2, -0.15) is 0 Å². The average molecular weight is 256 g/mol. The molecule has 1 aromatic carbocycles. The Morgan fingerprint density at radius 2 is 2.16 bits per heavy atom. The second kappa shape index (κ2) is 4.80. The van der Waals surface area contributed by atoms with E-state index in [2.05, 4.69) is 36.1 Å². The molecule has 4 heteroatoms. The molecule has 1 N–H and O–H groups in total. The van der Waals surface area contributed by atoms with E-state index >= 15 is 0 Å². The van der Waals surface area contributed by atoms with Crippen LogP contribution in [0.1, 0.15) is 31.2 Å². The van der Waals surface area contributed by atoms with E-state index in [1.54, 1.807) is 12.3 Å². The van der Waals surface area contributed by atoms with Crippen LogP contribution in [0, 0.1) is 0 Å². The van der Waals surface area contributed by atoms with Crippen LogP contribution in [0.3, 0.4) is 0 Å². The van der Waals surface area contributed by atoms with E-state index in [9.17, 15) is 0 Å². The van der Waals surface area contributed by atoms with E-state index in [4.69, 9.17) is 9.26 Å². The van der Waals surface area contributed by atoms with Gasteiger partial charge in [0.05, 0.1) is 6.20 Å². The molecule has 0 fully saturated rings. The molecule has 0 amide bonds. The molecule has 2 aromatic heterocycles. The molecule has 0 saturated heterocycles. The third kappa shape index (κ3) is 2.47. The summed E-state index contributed by atoms with van der Waals surface area (Å²) in [5, 5.41) is 4.85. The van der Waals surface area contributed by atoms with Gasteiger partial charge in [-0.05, 0) is 29.5 Å². The highest BCUT2D eigenvalue weighted by Gasteiger charge is 2.06. The normalized spacial score (nSPS) is 11.3. The molecule has 0 spiro atoms. The molecule has 0 aliphatic rings. The summed E-state index contributed by atoms with van der Waals surface area (Å²) in [5.41, 5.74) is 2.33. The van der Waals surface area contributed by atoms with Crippen molar-refractivity contribution in [2.45, 2.75) is 26.4 Å². The van der Waals surface area contributed by atoms with Crippen LogP contribution >= 0.6 is 0 Å². The van der Waals surface area contributed by atoms with Gasteiger partial charge in [0.25, 0.3) is 0 Å². The molecule has 0 aliphatic heterocycles. The van der Waals surface area contributed by atoms with Gasteiger partial charge in [-0.1, -0.05) is 19.0 Å². The fourth-order valence-electron chi connectivity index (χ4n) is 2.00. The zero-order valence-corrected chi connectivity index (χ0v) is 11.0. The van der Waals surface area contributed by atoms with Crippen LogP contribution in [-0.4, -0.2) is 10.1 Å². The average Bonchev–Trinajstić information content (AvgIpc) is 3.04. The lowest BCUT2D eigenvalue weighted by Crippen LogP contribution is -1.93. The molecular weight excluding hydrogens is 240 g/mol. The van der Waals surface area contributed by atoms with Crippen molar-refractivity contribution < 1.29 is 9.26 Å². The molecule has 3 aromatic rings. The summed E-state index contributed by atoms with van der Waals surface area (Å²) in [5.74, 6) is 2.03. The summed E-state index contributed by atoms with van der Waals surface area (Å²) in [6, 6.07) is 10.0. The maximum absolute atomic E-state index is 5.67. The van der Waals surface area contributed by atoms with Crippen LogP contribution in [0.15, 0.2) is 41.1 Å². The number of hydrogen-bond acceptors (Lipinski definition) is 3. The first kappa shape index (κ1) is 11.8. The molecule has 0 atom stereocenters. The van der Waals surface area contributed by atoms with Crippen molar-refractivity contribution in [3.8, 4) is 5.75 Å². The largest absolute Gasteiger partial charge is 0.485 e. The Morgan fingerprint density at radius 1 is 1.26 bits per heavy atom. The van der Waals surface area contributed by atoms with Crippen LogP contribution < -0.4 is 4.74 Å². The summed E-state index contributed by atoms with van der Waals surface area (Å²) >= 11 is 0. The minimum absolute atomic E-state index is 0.392. The number of hydrogen-bond donors (Lipinski definition) is 1. The van der Waals surface area contributed by atoms with Gasteiger partial charge in [0.15, 0.2) is 5.76 Å². The minimum Gasteiger partial charge on any atom is -0.485 e. The monoisotopic (exact) mass is 256 g/mol. The van der Waals surface area contributed by atoms with Crippen molar-refractivity contribution in [3.63, 3.8) is 0 Å². The molecule has 98 valence electrons. The fraction of sp³-hybridized carbons (Fsp3) is 0.267. The lowest BCUT2D eigenvalue weighted by molar-refractivity contribution is 0.249. The SMILES string of the molecule is CC(C)c1cc2ccc(OCc3ccno3)cc2[nH]1. The first-order valence-electron chi connectivity index (χ1n) is 6.37. The van der Waals surface area contributed by atoms with E-state index < -0.39 is 0 Å². The van der Waals surface area contributed by atoms with Crippen molar-refractivity contribution in [2.75, 3.05) is 0 Å². The molecule has 0 radical (unpaired) electrons. The van der Waals surface area contributed by atoms with Crippen molar-refractivity contribution in [3.05, 3.63) is 48.0 Å². The predicted octanol–water partition coefficient (Wildman–Crippen LogP) is 3.86. The van der Waals surface area contributed by atoms with Crippen LogP contribution in [0.25, 0.3) is 10.9 Å². The lowest BCUT2D eigenvalue weighted by atomic mass is 10.1. The van der Waals surface area contributed by atoms with E-state index in [0.29, 0.717) is 12.5 Å². The van der Waals surface area contributed by atoms with Gasteiger partial charge in [-0.3, -0.25) is 0 Å². The first-order chi connectivity index (χ1) is 9.22. The first-order valence-corrected chi connectivity index (χ1v) is 6.37. The van der Waals surface area contributed by atoms with Crippen LogP contribution in [0.2, 0.25) is 0 Å². The standard InChI is InChI=1S/C15H16N2O2/c1-10(2)14-7-11-3-4-12(8-15(11)17-14)18-9-13-5-6-16-19-13/h3-8,10,17H,9H2,1-2H3. The minimum atomic E-state index is 0.392. The molecule has 4 nitrogen and oxygen atoms in total. The maximum Gasteiger partial charge on any atom is 0.174 e. The van der Waals surface area contributed by atoms with Gasteiger partial charge >= 0.3 is 0 Å². The number of rotatable bonds is 4. The smallest absolute Gasteiger partial charge is 0.174 e. The zero-order chi connectivity index (χ0) is 13.2. The number of H-pyrrole nitrogens is 1.